The van der Waals surface area contributed by atoms with Gasteiger partial charge in [0.2, 0.25) is 0 Å². The topological polar surface area (TPSA) is 95.0 Å². The predicted octanol–water partition coefficient (Wildman–Crippen LogP) is 2.61. The molecule has 1 heterocycles. The number of aliphatic hydroxyl groups excluding tert-OH is 1. The molecule has 5 N–H and O–H groups in total. The molecule has 2 rings (SSSR count). The van der Waals surface area contributed by atoms with Crippen LogP contribution in [0.4, 0.5) is 5.69 Å². The van der Waals surface area contributed by atoms with Crippen LogP contribution in [-0.2, 0) is 6.61 Å². The molecule has 2 aromatic rings. The van der Waals surface area contributed by atoms with E-state index < -0.39 is 0 Å². The third kappa shape index (κ3) is 3.80. The number of aliphatic hydroxyl groups is 1. The van der Waals surface area contributed by atoms with Crippen molar-refractivity contribution in [1.82, 2.24) is 4.98 Å². The lowest BCUT2D eigenvalue weighted by molar-refractivity contribution is 0.282. The lowest BCUT2D eigenvalue weighted by Gasteiger charge is -2.06. The molecule has 0 radical (unpaired) electrons. The highest BCUT2D eigenvalue weighted by Crippen LogP contribution is 2.17. The molecule has 0 atom stereocenters. The molecule has 0 spiro atoms. The minimum Gasteiger partial charge on any atom is -0.404 e. The zero-order valence-corrected chi connectivity index (χ0v) is 12.0. The third-order valence-corrected chi connectivity index (χ3v) is 3.15. The summed E-state index contributed by atoms with van der Waals surface area (Å²) in [4.78, 5) is 4.09. The minimum absolute atomic E-state index is 0.0347. The summed E-state index contributed by atoms with van der Waals surface area (Å²) in [7, 11) is 0. The Morgan fingerprint density at radius 2 is 2.05 bits per heavy atom. The number of benzene rings is 1. The minimum atomic E-state index is 0.0347. The van der Waals surface area contributed by atoms with Crippen molar-refractivity contribution >= 4 is 23.6 Å². The number of aromatic nitrogens is 1. The van der Waals surface area contributed by atoms with Gasteiger partial charge < -0.3 is 21.6 Å². The first-order chi connectivity index (χ1) is 10.8. The number of anilines is 1. The highest BCUT2D eigenvalue weighted by atomic mass is 16.3. The van der Waals surface area contributed by atoms with Gasteiger partial charge in [0.25, 0.3) is 0 Å². The number of hydrogen-bond donors (Lipinski definition) is 4. The second kappa shape index (κ2) is 7.75. The second-order valence-corrected chi connectivity index (χ2v) is 4.56. The van der Waals surface area contributed by atoms with E-state index in [0.717, 1.165) is 22.4 Å². The average molecular weight is 294 g/mol. The summed E-state index contributed by atoms with van der Waals surface area (Å²) in [6, 6.07) is 9.32. The zero-order valence-electron chi connectivity index (χ0n) is 12.0. The van der Waals surface area contributed by atoms with E-state index in [1.54, 1.807) is 18.6 Å². The Morgan fingerprint density at radius 3 is 2.68 bits per heavy atom. The molecule has 5 nitrogen and oxygen atoms in total. The van der Waals surface area contributed by atoms with Crippen molar-refractivity contribution in [2.24, 2.45) is 5.73 Å². The fraction of sp³-hybridized carbons (Fsp3) is 0.0588. The number of hydrogen-bond acceptors (Lipinski definition) is 5. The van der Waals surface area contributed by atoms with Gasteiger partial charge in [0.1, 0.15) is 0 Å². The third-order valence-electron chi connectivity index (χ3n) is 3.15. The fourth-order valence-corrected chi connectivity index (χ4v) is 1.95. The fourth-order valence-electron chi connectivity index (χ4n) is 1.95. The van der Waals surface area contributed by atoms with Gasteiger partial charge >= 0.3 is 0 Å². The standard InChI is InChI=1S/C17H18N4O/c18-9-15(10-19)17-6-7-20-11-14(17)5-8-21-16-3-1-13(12-22)2-4-16/h1-11,18,21-22H,12,19H2/b8-5+,15-10?,18-9?. The van der Waals surface area contributed by atoms with Crippen LogP contribution in [0.5, 0.6) is 0 Å². The second-order valence-electron chi connectivity index (χ2n) is 4.56. The van der Waals surface area contributed by atoms with Crippen LogP contribution in [0.15, 0.2) is 55.1 Å². The maximum atomic E-state index is 9.01. The molecule has 0 fully saturated rings. The van der Waals surface area contributed by atoms with Gasteiger partial charge in [0, 0.05) is 47.8 Å². The Balaban J connectivity index is 2.14. The van der Waals surface area contributed by atoms with Gasteiger partial charge in [0.05, 0.1) is 6.61 Å². The normalized spacial score (nSPS) is 11.6. The molecule has 0 aliphatic carbocycles. The smallest absolute Gasteiger partial charge is 0.0681 e. The molecular formula is C17H18N4O. The molecule has 0 aliphatic heterocycles. The monoisotopic (exact) mass is 294 g/mol. The summed E-state index contributed by atoms with van der Waals surface area (Å²) in [6.45, 7) is 0.0347. The summed E-state index contributed by atoms with van der Waals surface area (Å²) in [5, 5.41) is 19.5. The van der Waals surface area contributed by atoms with Crippen LogP contribution in [0.1, 0.15) is 16.7 Å². The number of rotatable bonds is 6. The Labute approximate surface area is 129 Å². The van der Waals surface area contributed by atoms with Crippen molar-refractivity contribution in [2.45, 2.75) is 6.61 Å². The number of allylic oxidation sites excluding steroid dienone is 1. The maximum Gasteiger partial charge on any atom is 0.0681 e. The van der Waals surface area contributed by atoms with Crippen molar-refractivity contribution in [3.05, 3.63) is 71.8 Å². The van der Waals surface area contributed by atoms with Crippen LogP contribution in [0, 0.1) is 5.41 Å². The molecule has 5 heteroatoms. The highest BCUT2D eigenvalue weighted by molar-refractivity contribution is 6.09. The highest BCUT2D eigenvalue weighted by Gasteiger charge is 2.02. The summed E-state index contributed by atoms with van der Waals surface area (Å²) in [5.41, 5.74) is 9.67. The van der Waals surface area contributed by atoms with Crippen molar-refractivity contribution in [3.63, 3.8) is 0 Å². The molecule has 0 bridgehead atoms. The van der Waals surface area contributed by atoms with Gasteiger partial charge in [-0.05, 0) is 35.4 Å². The van der Waals surface area contributed by atoms with Crippen LogP contribution < -0.4 is 11.1 Å². The molecule has 0 unspecified atom stereocenters. The Kier molecular flexibility index (Phi) is 5.45. The van der Waals surface area contributed by atoms with Gasteiger partial charge in [-0.2, -0.15) is 0 Å². The number of pyridine rings is 1. The zero-order chi connectivity index (χ0) is 15.8. The summed E-state index contributed by atoms with van der Waals surface area (Å²) < 4.78 is 0. The van der Waals surface area contributed by atoms with Gasteiger partial charge in [-0.1, -0.05) is 12.1 Å². The molecule has 112 valence electrons. The molecule has 0 saturated heterocycles. The van der Waals surface area contributed by atoms with Crippen molar-refractivity contribution in [3.8, 4) is 0 Å². The van der Waals surface area contributed by atoms with Gasteiger partial charge in [-0.25, -0.2) is 0 Å². The van der Waals surface area contributed by atoms with E-state index in [2.05, 4.69) is 10.3 Å². The van der Waals surface area contributed by atoms with E-state index in [4.69, 9.17) is 16.2 Å². The molecule has 0 amide bonds. The lowest BCUT2D eigenvalue weighted by Crippen LogP contribution is -1.95. The SMILES string of the molecule is N=CC(=CN)c1ccncc1/C=C/Nc1ccc(CO)cc1. The number of nitrogens with zero attached hydrogens (tertiary/aromatic N) is 1. The van der Waals surface area contributed by atoms with Crippen LogP contribution >= 0.6 is 0 Å². The van der Waals surface area contributed by atoms with E-state index in [-0.39, 0.29) is 6.61 Å². The van der Waals surface area contributed by atoms with Crippen molar-refractivity contribution in [2.75, 3.05) is 5.32 Å². The molecule has 0 saturated carbocycles. The lowest BCUT2D eigenvalue weighted by atomic mass is 10.0. The van der Waals surface area contributed by atoms with E-state index in [9.17, 15) is 0 Å². The van der Waals surface area contributed by atoms with Crippen molar-refractivity contribution < 1.29 is 5.11 Å². The molecular weight excluding hydrogens is 276 g/mol. The van der Waals surface area contributed by atoms with Crippen LogP contribution in [0.3, 0.4) is 0 Å². The molecule has 0 aliphatic rings. The van der Waals surface area contributed by atoms with E-state index >= 15 is 0 Å². The van der Waals surface area contributed by atoms with Gasteiger partial charge in [-0.3, -0.25) is 4.98 Å². The maximum absolute atomic E-state index is 9.01. The Hall–Kier alpha value is -2.92. The molecule has 1 aromatic heterocycles. The van der Waals surface area contributed by atoms with Crippen LogP contribution in [-0.4, -0.2) is 16.3 Å². The predicted molar refractivity (Wildman–Crippen MR) is 90.2 cm³/mol. The van der Waals surface area contributed by atoms with Crippen molar-refractivity contribution in [1.29, 1.82) is 5.41 Å². The quantitative estimate of drug-likeness (QED) is 0.616. The summed E-state index contributed by atoms with van der Waals surface area (Å²) >= 11 is 0. The first-order valence-electron chi connectivity index (χ1n) is 6.78. The van der Waals surface area contributed by atoms with Crippen LogP contribution in [0.2, 0.25) is 0 Å². The van der Waals surface area contributed by atoms with Crippen LogP contribution in [0.25, 0.3) is 11.6 Å². The number of nitrogens with two attached hydrogens (primary N) is 1. The largest absolute Gasteiger partial charge is 0.404 e. The Morgan fingerprint density at radius 1 is 1.27 bits per heavy atom. The average Bonchev–Trinajstić information content (AvgIpc) is 2.58. The van der Waals surface area contributed by atoms with Gasteiger partial charge in [0.15, 0.2) is 0 Å². The van der Waals surface area contributed by atoms with E-state index in [0.29, 0.717) is 5.57 Å². The molecule has 22 heavy (non-hydrogen) atoms. The summed E-state index contributed by atoms with van der Waals surface area (Å²) in [6.07, 6.45) is 9.67. The van der Waals surface area contributed by atoms with E-state index in [1.807, 2.05) is 36.4 Å². The summed E-state index contributed by atoms with van der Waals surface area (Å²) in [5.74, 6) is 0. The first-order valence-corrected chi connectivity index (χ1v) is 6.78. The molecule has 1 aromatic carbocycles. The van der Waals surface area contributed by atoms with Gasteiger partial charge in [-0.15, -0.1) is 0 Å². The number of nitrogens with one attached hydrogen (secondary N) is 2. The van der Waals surface area contributed by atoms with E-state index in [1.165, 1.54) is 12.4 Å². The first kappa shape index (κ1) is 15.5. The Bertz CT molecular complexity index is 690.